The Morgan fingerprint density at radius 2 is 2.11 bits per heavy atom. The van der Waals surface area contributed by atoms with Gasteiger partial charge in [0, 0.05) is 18.8 Å². The fourth-order valence-corrected chi connectivity index (χ4v) is 2.69. The maximum absolute atomic E-state index is 12.4. The lowest BCUT2D eigenvalue weighted by Gasteiger charge is -2.21. The SMILES string of the molecule is Cc1ccnc(C)c1N1CCC(NC2CC2)C1=O. The number of rotatable bonds is 3. The number of pyridine rings is 1. The van der Waals surface area contributed by atoms with E-state index in [4.69, 9.17) is 0 Å². The first kappa shape index (κ1) is 11.7. The topological polar surface area (TPSA) is 45.2 Å². The van der Waals surface area contributed by atoms with Crippen molar-refractivity contribution in [3.63, 3.8) is 0 Å². The van der Waals surface area contributed by atoms with Gasteiger partial charge in [-0.15, -0.1) is 0 Å². The summed E-state index contributed by atoms with van der Waals surface area (Å²) in [6.07, 6.45) is 5.14. The van der Waals surface area contributed by atoms with Crippen molar-refractivity contribution < 1.29 is 4.79 Å². The highest BCUT2D eigenvalue weighted by molar-refractivity contribution is 6.00. The van der Waals surface area contributed by atoms with Gasteiger partial charge in [0.15, 0.2) is 0 Å². The lowest BCUT2D eigenvalue weighted by atomic mass is 10.2. The Labute approximate surface area is 107 Å². The Morgan fingerprint density at radius 3 is 2.78 bits per heavy atom. The summed E-state index contributed by atoms with van der Waals surface area (Å²) in [5.74, 6) is 0.209. The van der Waals surface area contributed by atoms with Crippen LogP contribution < -0.4 is 10.2 Å². The lowest BCUT2D eigenvalue weighted by Crippen LogP contribution is -2.39. The third-order valence-corrected chi connectivity index (χ3v) is 3.80. The van der Waals surface area contributed by atoms with Crippen molar-refractivity contribution in [1.29, 1.82) is 0 Å². The van der Waals surface area contributed by atoms with Crippen LogP contribution in [0.25, 0.3) is 0 Å². The minimum Gasteiger partial charge on any atom is -0.309 e. The average molecular weight is 245 g/mol. The Bertz CT molecular complexity index is 462. The number of nitrogens with zero attached hydrogens (tertiary/aromatic N) is 2. The van der Waals surface area contributed by atoms with Crippen molar-refractivity contribution >= 4 is 11.6 Å². The van der Waals surface area contributed by atoms with E-state index in [2.05, 4.69) is 10.3 Å². The van der Waals surface area contributed by atoms with Crippen molar-refractivity contribution in [2.24, 2.45) is 0 Å². The molecule has 1 aromatic heterocycles. The summed E-state index contributed by atoms with van der Waals surface area (Å²) in [5.41, 5.74) is 3.07. The minimum absolute atomic E-state index is 0.0107. The van der Waals surface area contributed by atoms with Gasteiger partial charge in [0.05, 0.1) is 17.4 Å². The van der Waals surface area contributed by atoms with Crippen LogP contribution in [0.1, 0.15) is 30.5 Å². The van der Waals surface area contributed by atoms with Gasteiger partial charge in [-0.05, 0) is 44.7 Å². The maximum atomic E-state index is 12.4. The third-order valence-electron chi connectivity index (χ3n) is 3.80. The number of carbonyl (C=O) groups excluding carboxylic acids is 1. The highest BCUT2D eigenvalue weighted by Gasteiger charge is 2.37. The molecular weight excluding hydrogens is 226 g/mol. The minimum atomic E-state index is 0.0107. The molecule has 1 aliphatic heterocycles. The standard InChI is InChI=1S/C14H19N3O/c1-9-5-7-15-10(2)13(9)17-8-6-12(14(17)18)16-11-3-4-11/h5,7,11-12,16H,3-4,6,8H2,1-2H3. The number of aryl methyl sites for hydroxylation is 2. The van der Waals surface area contributed by atoms with E-state index >= 15 is 0 Å². The number of nitrogens with one attached hydrogen (secondary N) is 1. The summed E-state index contributed by atoms with van der Waals surface area (Å²) >= 11 is 0. The smallest absolute Gasteiger partial charge is 0.244 e. The monoisotopic (exact) mass is 245 g/mol. The van der Waals surface area contributed by atoms with E-state index in [9.17, 15) is 4.79 Å². The first-order chi connectivity index (χ1) is 8.66. The van der Waals surface area contributed by atoms with E-state index < -0.39 is 0 Å². The van der Waals surface area contributed by atoms with Crippen molar-refractivity contribution in [3.05, 3.63) is 23.5 Å². The number of hydrogen-bond acceptors (Lipinski definition) is 3. The van der Waals surface area contributed by atoms with Gasteiger partial charge in [0.1, 0.15) is 0 Å². The van der Waals surface area contributed by atoms with Crippen LogP contribution in [-0.2, 0) is 4.79 Å². The summed E-state index contributed by atoms with van der Waals surface area (Å²) in [4.78, 5) is 18.6. The van der Waals surface area contributed by atoms with Gasteiger partial charge >= 0.3 is 0 Å². The van der Waals surface area contributed by atoms with Gasteiger partial charge < -0.3 is 10.2 Å². The van der Waals surface area contributed by atoms with E-state index in [1.54, 1.807) is 6.20 Å². The van der Waals surface area contributed by atoms with Gasteiger partial charge in [-0.25, -0.2) is 0 Å². The van der Waals surface area contributed by atoms with E-state index in [-0.39, 0.29) is 11.9 Å². The Kier molecular flexibility index (Phi) is 2.82. The molecule has 4 heteroatoms. The summed E-state index contributed by atoms with van der Waals surface area (Å²) in [5, 5.41) is 3.43. The predicted octanol–water partition coefficient (Wildman–Crippen LogP) is 1.56. The molecule has 3 rings (SSSR count). The van der Waals surface area contributed by atoms with E-state index in [0.717, 1.165) is 29.9 Å². The molecule has 1 aliphatic carbocycles. The zero-order valence-electron chi connectivity index (χ0n) is 10.9. The Morgan fingerprint density at radius 1 is 1.33 bits per heavy atom. The molecule has 0 radical (unpaired) electrons. The van der Waals surface area contributed by atoms with Crippen molar-refractivity contribution in [2.45, 2.75) is 45.2 Å². The molecule has 0 bridgehead atoms. The van der Waals surface area contributed by atoms with Crippen LogP contribution in [0.15, 0.2) is 12.3 Å². The molecule has 1 unspecified atom stereocenters. The van der Waals surface area contributed by atoms with E-state index in [0.29, 0.717) is 6.04 Å². The van der Waals surface area contributed by atoms with Gasteiger partial charge in [-0.1, -0.05) is 0 Å². The largest absolute Gasteiger partial charge is 0.309 e. The van der Waals surface area contributed by atoms with Crippen molar-refractivity contribution in [2.75, 3.05) is 11.4 Å². The Balaban J connectivity index is 1.82. The summed E-state index contributed by atoms with van der Waals surface area (Å²) in [7, 11) is 0. The molecule has 1 saturated carbocycles. The number of amides is 1. The summed E-state index contributed by atoms with van der Waals surface area (Å²) < 4.78 is 0. The molecule has 2 aliphatic rings. The molecule has 1 aromatic rings. The van der Waals surface area contributed by atoms with Gasteiger partial charge in [0.25, 0.3) is 0 Å². The zero-order valence-corrected chi connectivity index (χ0v) is 10.9. The quantitative estimate of drug-likeness (QED) is 0.879. The zero-order chi connectivity index (χ0) is 12.7. The molecule has 2 fully saturated rings. The molecule has 2 heterocycles. The highest BCUT2D eigenvalue weighted by Crippen LogP contribution is 2.29. The maximum Gasteiger partial charge on any atom is 0.244 e. The fraction of sp³-hybridized carbons (Fsp3) is 0.571. The number of aromatic nitrogens is 1. The number of carbonyl (C=O) groups is 1. The second-order valence-electron chi connectivity index (χ2n) is 5.33. The van der Waals surface area contributed by atoms with E-state index in [1.807, 2.05) is 24.8 Å². The molecular formula is C14H19N3O. The van der Waals surface area contributed by atoms with Crippen LogP contribution in [0.4, 0.5) is 5.69 Å². The fourth-order valence-electron chi connectivity index (χ4n) is 2.69. The normalized spacial score (nSPS) is 23.8. The second-order valence-corrected chi connectivity index (χ2v) is 5.33. The third kappa shape index (κ3) is 2.01. The van der Waals surface area contributed by atoms with Gasteiger partial charge in [0.2, 0.25) is 5.91 Å². The van der Waals surface area contributed by atoms with Crippen molar-refractivity contribution in [3.8, 4) is 0 Å². The highest BCUT2D eigenvalue weighted by atomic mass is 16.2. The van der Waals surface area contributed by atoms with Crippen LogP contribution in [0, 0.1) is 13.8 Å². The van der Waals surface area contributed by atoms with Gasteiger partial charge in [-0.2, -0.15) is 0 Å². The average Bonchev–Trinajstić information content (AvgIpc) is 3.07. The molecule has 0 spiro atoms. The Hall–Kier alpha value is -1.42. The number of anilines is 1. The van der Waals surface area contributed by atoms with Gasteiger partial charge in [-0.3, -0.25) is 9.78 Å². The predicted molar refractivity (Wildman–Crippen MR) is 70.6 cm³/mol. The molecule has 1 amide bonds. The van der Waals surface area contributed by atoms with E-state index in [1.165, 1.54) is 12.8 Å². The molecule has 0 aromatic carbocycles. The van der Waals surface area contributed by atoms with Crippen LogP contribution in [0.5, 0.6) is 0 Å². The molecule has 1 saturated heterocycles. The molecule has 96 valence electrons. The number of hydrogen-bond donors (Lipinski definition) is 1. The molecule has 18 heavy (non-hydrogen) atoms. The summed E-state index contributed by atoms with van der Waals surface area (Å²) in [6.45, 7) is 4.81. The molecule has 1 N–H and O–H groups in total. The lowest BCUT2D eigenvalue weighted by molar-refractivity contribution is -0.118. The second kappa shape index (κ2) is 4.35. The van der Waals surface area contributed by atoms with Crippen LogP contribution in [0.2, 0.25) is 0 Å². The van der Waals surface area contributed by atoms with Crippen molar-refractivity contribution in [1.82, 2.24) is 10.3 Å². The van der Waals surface area contributed by atoms with Crippen LogP contribution in [0.3, 0.4) is 0 Å². The van der Waals surface area contributed by atoms with Crippen LogP contribution in [-0.4, -0.2) is 29.5 Å². The molecule has 1 atom stereocenters. The summed E-state index contributed by atoms with van der Waals surface area (Å²) in [6, 6.07) is 2.56. The van der Waals surface area contributed by atoms with Crippen LogP contribution >= 0.6 is 0 Å². The first-order valence-electron chi connectivity index (χ1n) is 6.66. The first-order valence-corrected chi connectivity index (χ1v) is 6.66. The molecule has 4 nitrogen and oxygen atoms in total.